The van der Waals surface area contributed by atoms with Crippen molar-refractivity contribution in [1.29, 1.82) is 0 Å². The Hall–Kier alpha value is -4.06. The monoisotopic (exact) mass is 490 g/mol. The predicted octanol–water partition coefficient (Wildman–Crippen LogP) is 7.78. The average molecular weight is 491 g/mol. The van der Waals surface area contributed by atoms with Crippen LogP contribution < -0.4 is 21.1 Å². The zero-order chi connectivity index (χ0) is 26.0. The molecule has 0 aromatic heterocycles. The summed E-state index contributed by atoms with van der Waals surface area (Å²) in [4.78, 5) is 0. The molecule has 0 bridgehead atoms. The van der Waals surface area contributed by atoms with Gasteiger partial charge < -0.3 is 10.6 Å². The van der Waals surface area contributed by atoms with Crippen LogP contribution in [0.5, 0.6) is 0 Å². The molecule has 6 nitrogen and oxygen atoms in total. The first-order valence-electron chi connectivity index (χ1n) is 12.9. The number of nitrogens with zero attached hydrogens (tertiary/aromatic N) is 4. The van der Waals surface area contributed by atoms with Crippen LogP contribution in [0.4, 0.5) is 17.1 Å². The number of benzene rings is 3. The van der Waals surface area contributed by atoms with Gasteiger partial charge in [0.1, 0.15) is 5.66 Å². The van der Waals surface area contributed by atoms with E-state index >= 15 is 0 Å². The van der Waals surface area contributed by atoms with E-state index in [9.17, 15) is 0 Å². The highest BCUT2D eigenvalue weighted by atomic mass is 15.2. The molecule has 1 unspecified atom stereocenters. The highest BCUT2D eigenvalue weighted by Gasteiger charge is 2.25. The van der Waals surface area contributed by atoms with Gasteiger partial charge in [0.15, 0.2) is 0 Å². The highest BCUT2D eigenvalue weighted by molar-refractivity contribution is 6.09. The van der Waals surface area contributed by atoms with E-state index in [1.807, 2.05) is 32.0 Å². The van der Waals surface area contributed by atoms with Crippen molar-refractivity contribution >= 4 is 39.2 Å². The first-order chi connectivity index (χ1) is 17.8. The Kier molecular flexibility index (Phi) is 6.74. The van der Waals surface area contributed by atoms with Crippen LogP contribution in [-0.4, -0.2) is 5.66 Å². The Labute approximate surface area is 218 Å². The van der Waals surface area contributed by atoms with E-state index in [1.54, 1.807) is 0 Å². The molecule has 2 N–H and O–H groups in total. The Bertz CT molecular complexity index is 1580. The maximum absolute atomic E-state index is 4.68. The molecular weight excluding hydrogens is 456 g/mol. The van der Waals surface area contributed by atoms with Gasteiger partial charge in [-0.25, -0.2) is 0 Å². The van der Waals surface area contributed by atoms with Crippen LogP contribution in [0, 0.1) is 5.92 Å². The molecule has 0 fully saturated rings. The van der Waals surface area contributed by atoms with E-state index in [4.69, 9.17) is 0 Å². The third-order valence-electron chi connectivity index (χ3n) is 6.92. The summed E-state index contributed by atoms with van der Waals surface area (Å²) in [6, 6.07) is 18.5. The lowest BCUT2D eigenvalue weighted by Gasteiger charge is -2.36. The average Bonchev–Trinajstić information content (AvgIpc) is 3.09. The number of hydrogen-bond donors (Lipinski definition) is 2. The van der Waals surface area contributed by atoms with Gasteiger partial charge in [-0.1, -0.05) is 55.5 Å². The Morgan fingerprint density at radius 1 is 0.838 bits per heavy atom. The van der Waals surface area contributed by atoms with Crippen LogP contribution in [0.25, 0.3) is 22.2 Å². The van der Waals surface area contributed by atoms with Crippen molar-refractivity contribution in [3.63, 3.8) is 0 Å². The molecular formula is C31H34N6. The van der Waals surface area contributed by atoms with Crippen LogP contribution in [-0.2, 0) is 0 Å². The van der Waals surface area contributed by atoms with E-state index in [0.717, 1.165) is 68.2 Å². The van der Waals surface area contributed by atoms with Crippen LogP contribution in [0.1, 0.15) is 47.5 Å². The molecule has 0 amide bonds. The maximum Gasteiger partial charge on any atom is 0.102 e. The molecule has 1 aliphatic carbocycles. The van der Waals surface area contributed by atoms with Gasteiger partial charge in [0.05, 0.1) is 22.8 Å². The summed E-state index contributed by atoms with van der Waals surface area (Å²) in [6.45, 7) is 10.4. The summed E-state index contributed by atoms with van der Waals surface area (Å²) in [6.07, 6.45) is 8.50. The second-order valence-corrected chi connectivity index (χ2v) is 10.3. The molecule has 0 saturated heterocycles. The topological polar surface area (TPSA) is 73.5 Å². The van der Waals surface area contributed by atoms with Gasteiger partial charge in [0.25, 0.3) is 0 Å². The molecule has 2 aliphatic rings. The smallest absolute Gasteiger partial charge is 0.102 e. The zero-order valence-corrected chi connectivity index (χ0v) is 22.2. The lowest BCUT2D eigenvalue weighted by atomic mass is 10.00. The minimum absolute atomic E-state index is 0.217. The normalized spacial score (nSPS) is 20.4. The third kappa shape index (κ3) is 5.24. The first-order valence-corrected chi connectivity index (χ1v) is 12.9. The van der Waals surface area contributed by atoms with E-state index in [2.05, 4.69) is 106 Å². The largest absolute Gasteiger partial charge is 0.363 e. The quantitative estimate of drug-likeness (QED) is 0.367. The highest BCUT2D eigenvalue weighted by Crippen LogP contribution is 2.41. The van der Waals surface area contributed by atoms with Crippen LogP contribution in [0.3, 0.4) is 0 Å². The summed E-state index contributed by atoms with van der Waals surface area (Å²) in [7, 11) is 0. The van der Waals surface area contributed by atoms with Gasteiger partial charge in [-0.15, -0.1) is 0 Å². The van der Waals surface area contributed by atoms with Gasteiger partial charge in [0.2, 0.25) is 0 Å². The van der Waals surface area contributed by atoms with Gasteiger partial charge in [-0.3, -0.25) is 0 Å². The summed E-state index contributed by atoms with van der Waals surface area (Å²) >= 11 is 0. The van der Waals surface area contributed by atoms with Crippen molar-refractivity contribution in [2.75, 3.05) is 10.6 Å². The fourth-order valence-electron chi connectivity index (χ4n) is 4.93. The van der Waals surface area contributed by atoms with Crippen molar-refractivity contribution in [3.05, 3.63) is 89.0 Å². The van der Waals surface area contributed by atoms with Crippen LogP contribution in [0.2, 0.25) is 0 Å². The third-order valence-corrected chi connectivity index (χ3v) is 6.92. The first kappa shape index (κ1) is 24.6. The van der Waals surface area contributed by atoms with Crippen molar-refractivity contribution in [2.45, 2.75) is 53.1 Å². The number of rotatable bonds is 4. The molecule has 3 aromatic rings. The van der Waals surface area contributed by atoms with Gasteiger partial charge in [-0.05, 0) is 64.8 Å². The van der Waals surface area contributed by atoms with Crippen LogP contribution in [0.15, 0.2) is 99.0 Å². The van der Waals surface area contributed by atoms with E-state index in [-0.39, 0.29) is 5.66 Å². The Balaban J connectivity index is 1.53. The van der Waals surface area contributed by atoms with Crippen molar-refractivity contribution < 1.29 is 0 Å². The summed E-state index contributed by atoms with van der Waals surface area (Å²) in [5.74, 6) is 0.391. The standard InChI is InChI=1S/C31H34N6/c1-20-12-7-6-8-16-26(20)36-34-21(2)23-13-9-10-14-24(23)22(3)35-37-27-18-19-29-30-25(27)15-11-17-28(30)32-31(4,5)33-29/h6,8-11,13-20,32-33H,7,12H2,1-5H3/b23-21+,24-22+,36-34?,37-35?. The fraction of sp³-hybridized carbons (Fsp3) is 0.290. The number of nitrogens with one attached hydrogen (secondary N) is 2. The summed E-state index contributed by atoms with van der Waals surface area (Å²) in [5, 5.41) is 29.9. The molecule has 3 aromatic carbocycles. The number of anilines is 2. The molecule has 5 rings (SSSR count). The Morgan fingerprint density at radius 2 is 1.51 bits per heavy atom. The second-order valence-electron chi connectivity index (χ2n) is 10.3. The molecule has 1 atom stereocenters. The van der Waals surface area contributed by atoms with Gasteiger partial charge >= 0.3 is 0 Å². The van der Waals surface area contributed by atoms with Crippen molar-refractivity contribution in [1.82, 2.24) is 0 Å². The molecule has 6 heteroatoms. The lowest BCUT2D eigenvalue weighted by Crippen LogP contribution is -2.41. The van der Waals surface area contributed by atoms with Crippen molar-refractivity contribution in [2.24, 2.45) is 26.4 Å². The number of allylic oxidation sites excluding steroid dienone is 4. The molecule has 0 radical (unpaired) electrons. The maximum atomic E-state index is 4.68. The molecule has 0 spiro atoms. The van der Waals surface area contributed by atoms with E-state index in [1.165, 1.54) is 0 Å². The summed E-state index contributed by atoms with van der Waals surface area (Å²) in [5.41, 5.74) is 5.52. The molecule has 1 aliphatic heterocycles. The number of azo groups is 2. The fourth-order valence-corrected chi connectivity index (χ4v) is 4.93. The molecule has 37 heavy (non-hydrogen) atoms. The van der Waals surface area contributed by atoms with E-state index < -0.39 is 0 Å². The minimum atomic E-state index is -0.217. The van der Waals surface area contributed by atoms with Gasteiger partial charge in [-0.2, -0.15) is 20.5 Å². The lowest BCUT2D eigenvalue weighted by molar-refractivity contribution is 0.613. The SMILES string of the molecule is C/C(N=NC1=CC=CCCC1C)=c1/cccc/c1=C(/C)N=Nc1ccc2c3c(cccc13)NC(C)(C)N2. The minimum Gasteiger partial charge on any atom is -0.363 e. The molecule has 1 heterocycles. The molecule has 188 valence electrons. The predicted molar refractivity (Wildman–Crippen MR) is 154 cm³/mol. The second kappa shape index (κ2) is 10.1. The van der Waals surface area contributed by atoms with Gasteiger partial charge in [0, 0.05) is 38.5 Å². The number of hydrogen-bond acceptors (Lipinski definition) is 6. The zero-order valence-electron chi connectivity index (χ0n) is 22.2. The molecule has 0 saturated carbocycles. The summed E-state index contributed by atoms with van der Waals surface area (Å²) < 4.78 is 0. The Morgan fingerprint density at radius 3 is 2.24 bits per heavy atom. The van der Waals surface area contributed by atoms with Crippen LogP contribution >= 0.6 is 0 Å². The van der Waals surface area contributed by atoms with E-state index in [0.29, 0.717) is 5.92 Å². The van der Waals surface area contributed by atoms with Crippen molar-refractivity contribution in [3.8, 4) is 0 Å².